The first-order valence-electron chi connectivity index (χ1n) is 9.49. The van der Waals surface area contributed by atoms with E-state index < -0.39 is 6.23 Å². The lowest BCUT2D eigenvalue weighted by Gasteiger charge is -2.20. The Morgan fingerprint density at radius 1 is 1.03 bits per heavy atom. The second-order valence-corrected chi connectivity index (χ2v) is 6.95. The Labute approximate surface area is 170 Å². The van der Waals surface area contributed by atoms with Gasteiger partial charge in [-0.1, -0.05) is 60.2 Å². The zero-order valence-corrected chi connectivity index (χ0v) is 16.4. The first kappa shape index (κ1) is 18.7. The average Bonchev–Trinajstić information content (AvgIpc) is 3.20. The van der Waals surface area contributed by atoms with E-state index in [4.69, 9.17) is 9.47 Å². The van der Waals surface area contributed by atoms with Crippen LogP contribution in [0.1, 0.15) is 35.4 Å². The van der Waals surface area contributed by atoms with Crippen LogP contribution in [0, 0.1) is 6.92 Å². The van der Waals surface area contributed by atoms with Crippen LogP contribution >= 0.6 is 0 Å². The molecule has 5 nitrogen and oxygen atoms in total. The van der Waals surface area contributed by atoms with E-state index >= 15 is 0 Å². The van der Waals surface area contributed by atoms with Crippen LogP contribution in [-0.4, -0.2) is 16.8 Å². The number of benzene rings is 3. The van der Waals surface area contributed by atoms with Crippen molar-refractivity contribution in [2.75, 3.05) is 0 Å². The maximum Gasteiger partial charge on any atom is 0.243 e. The van der Waals surface area contributed by atoms with E-state index in [-0.39, 0.29) is 5.91 Å². The highest BCUT2D eigenvalue weighted by Gasteiger charge is 2.33. The molecule has 1 atom stereocenters. The molecule has 0 spiro atoms. The summed E-state index contributed by atoms with van der Waals surface area (Å²) >= 11 is 0. The Kier molecular flexibility index (Phi) is 5.29. The first-order chi connectivity index (χ1) is 14.1. The van der Waals surface area contributed by atoms with Gasteiger partial charge >= 0.3 is 0 Å². The number of carbonyl (C=O) groups excluding carboxylic acids is 1. The second-order valence-electron chi connectivity index (χ2n) is 6.95. The van der Waals surface area contributed by atoms with Gasteiger partial charge in [0.25, 0.3) is 0 Å². The third kappa shape index (κ3) is 4.29. The van der Waals surface area contributed by atoms with Gasteiger partial charge in [-0.05, 0) is 36.8 Å². The third-order valence-electron chi connectivity index (χ3n) is 4.66. The number of amides is 1. The summed E-state index contributed by atoms with van der Waals surface area (Å²) in [5.41, 5.74) is 3.87. The number of hydrogen-bond donors (Lipinski definition) is 0. The Bertz CT molecular complexity index is 1030. The molecule has 0 radical (unpaired) electrons. The Hall–Kier alpha value is -3.60. The standard InChI is InChI=1S/C24H22N2O3/c1-17-11-13-20(14-12-17)23-25-26(18(2)27)24(29-23)21-9-6-10-22(15-21)28-16-19-7-4-3-5-8-19/h3-15,24H,16H2,1-2H3/t24-/m1/s1. The highest BCUT2D eigenvalue weighted by atomic mass is 16.5. The van der Waals surface area contributed by atoms with Gasteiger partial charge in [0.1, 0.15) is 12.4 Å². The molecule has 0 unspecified atom stereocenters. The Morgan fingerprint density at radius 2 is 1.79 bits per heavy atom. The van der Waals surface area contributed by atoms with Gasteiger partial charge in [0.2, 0.25) is 18.0 Å². The molecule has 0 aromatic heterocycles. The maximum atomic E-state index is 12.2. The molecule has 146 valence electrons. The summed E-state index contributed by atoms with van der Waals surface area (Å²) in [5, 5.41) is 5.77. The smallest absolute Gasteiger partial charge is 0.243 e. The molecule has 29 heavy (non-hydrogen) atoms. The summed E-state index contributed by atoms with van der Waals surface area (Å²) in [6, 6.07) is 25.4. The van der Waals surface area contributed by atoms with Crippen molar-refractivity contribution in [1.82, 2.24) is 5.01 Å². The van der Waals surface area contributed by atoms with E-state index in [1.807, 2.05) is 85.8 Å². The maximum absolute atomic E-state index is 12.2. The first-order valence-corrected chi connectivity index (χ1v) is 9.49. The van der Waals surface area contributed by atoms with Crippen molar-refractivity contribution in [3.05, 3.63) is 101 Å². The van der Waals surface area contributed by atoms with Crippen molar-refractivity contribution in [2.45, 2.75) is 26.7 Å². The van der Waals surface area contributed by atoms with E-state index in [1.165, 1.54) is 11.9 Å². The van der Waals surface area contributed by atoms with Crippen molar-refractivity contribution >= 4 is 11.8 Å². The van der Waals surface area contributed by atoms with Crippen LogP contribution in [0.2, 0.25) is 0 Å². The molecule has 0 aliphatic carbocycles. The van der Waals surface area contributed by atoms with Crippen LogP contribution in [-0.2, 0) is 16.1 Å². The number of carbonyl (C=O) groups is 1. The normalized spacial score (nSPS) is 15.6. The summed E-state index contributed by atoms with van der Waals surface area (Å²) in [6.07, 6.45) is -0.621. The zero-order chi connectivity index (χ0) is 20.2. The topological polar surface area (TPSA) is 51.1 Å². The van der Waals surface area contributed by atoms with Crippen molar-refractivity contribution in [3.63, 3.8) is 0 Å². The largest absolute Gasteiger partial charge is 0.489 e. The molecular formula is C24H22N2O3. The monoisotopic (exact) mass is 386 g/mol. The molecule has 0 N–H and O–H groups in total. The molecule has 0 saturated heterocycles. The van der Waals surface area contributed by atoms with E-state index in [1.54, 1.807) is 0 Å². The summed E-state index contributed by atoms with van der Waals surface area (Å²) in [5.74, 6) is 0.954. The van der Waals surface area contributed by atoms with Gasteiger partial charge in [0, 0.05) is 18.1 Å². The number of ether oxygens (including phenoxy) is 2. The van der Waals surface area contributed by atoms with Crippen LogP contribution in [0.3, 0.4) is 0 Å². The lowest BCUT2D eigenvalue weighted by atomic mass is 10.1. The summed E-state index contributed by atoms with van der Waals surface area (Å²) in [6.45, 7) is 3.97. The molecule has 5 heteroatoms. The molecule has 1 aliphatic heterocycles. The minimum absolute atomic E-state index is 0.187. The number of rotatable bonds is 5. The van der Waals surface area contributed by atoms with Gasteiger partial charge in [-0.2, -0.15) is 5.01 Å². The van der Waals surface area contributed by atoms with E-state index in [0.717, 1.165) is 22.3 Å². The van der Waals surface area contributed by atoms with Crippen molar-refractivity contribution < 1.29 is 14.3 Å². The molecule has 0 bridgehead atoms. The molecule has 1 amide bonds. The lowest BCUT2D eigenvalue weighted by Crippen LogP contribution is -2.25. The molecule has 1 heterocycles. The minimum atomic E-state index is -0.621. The van der Waals surface area contributed by atoms with E-state index in [9.17, 15) is 4.79 Å². The quantitative estimate of drug-likeness (QED) is 0.632. The van der Waals surface area contributed by atoms with Crippen LogP contribution < -0.4 is 4.74 Å². The summed E-state index contributed by atoms with van der Waals surface area (Å²) in [4.78, 5) is 12.2. The van der Waals surface area contributed by atoms with Gasteiger partial charge in [-0.3, -0.25) is 4.79 Å². The fourth-order valence-electron chi connectivity index (χ4n) is 3.10. The Balaban J connectivity index is 1.54. The van der Waals surface area contributed by atoms with Crippen LogP contribution in [0.25, 0.3) is 0 Å². The van der Waals surface area contributed by atoms with Gasteiger partial charge in [0.05, 0.1) is 0 Å². The molecule has 0 saturated carbocycles. The van der Waals surface area contributed by atoms with Crippen molar-refractivity contribution in [2.24, 2.45) is 5.10 Å². The fraction of sp³-hybridized carbons (Fsp3) is 0.167. The predicted molar refractivity (Wildman–Crippen MR) is 111 cm³/mol. The third-order valence-corrected chi connectivity index (χ3v) is 4.66. The molecule has 4 rings (SSSR count). The summed E-state index contributed by atoms with van der Waals surface area (Å²) < 4.78 is 12.0. The number of nitrogens with zero attached hydrogens (tertiary/aromatic N) is 2. The Morgan fingerprint density at radius 3 is 2.52 bits per heavy atom. The lowest BCUT2D eigenvalue weighted by molar-refractivity contribution is -0.135. The SMILES string of the molecule is CC(=O)N1N=C(c2ccc(C)cc2)O[C@@H]1c1cccc(OCc2ccccc2)c1. The highest BCUT2D eigenvalue weighted by Crippen LogP contribution is 2.32. The molecule has 3 aromatic carbocycles. The molecule has 3 aromatic rings. The average molecular weight is 386 g/mol. The van der Waals surface area contributed by atoms with E-state index in [2.05, 4.69) is 5.10 Å². The van der Waals surface area contributed by atoms with Gasteiger partial charge in [-0.15, -0.1) is 5.10 Å². The van der Waals surface area contributed by atoms with Gasteiger partial charge in [0.15, 0.2) is 0 Å². The molecule has 0 fully saturated rings. The second kappa shape index (κ2) is 8.19. The number of hydrazone groups is 1. The van der Waals surface area contributed by atoms with Crippen LogP contribution in [0.15, 0.2) is 84.0 Å². The number of hydrogen-bond acceptors (Lipinski definition) is 4. The van der Waals surface area contributed by atoms with Crippen LogP contribution in [0.4, 0.5) is 0 Å². The van der Waals surface area contributed by atoms with E-state index in [0.29, 0.717) is 18.3 Å². The zero-order valence-electron chi connectivity index (χ0n) is 16.4. The summed E-state index contributed by atoms with van der Waals surface area (Å²) in [7, 11) is 0. The molecule has 1 aliphatic rings. The van der Waals surface area contributed by atoms with Crippen molar-refractivity contribution in [3.8, 4) is 5.75 Å². The molecular weight excluding hydrogens is 364 g/mol. The fourth-order valence-corrected chi connectivity index (χ4v) is 3.10. The van der Waals surface area contributed by atoms with Crippen molar-refractivity contribution in [1.29, 1.82) is 0 Å². The minimum Gasteiger partial charge on any atom is -0.489 e. The van der Waals surface area contributed by atoms with Crippen LogP contribution in [0.5, 0.6) is 5.75 Å². The van der Waals surface area contributed by atoms with Gasteiger partial charge in [-0.25, -0.2) is 0 Å². The predicted octanol–water partition coefficient (Wildman–Crippen LogP) is 4.81. The number of aryl methyl sites for hydroxylation is 1. The highest BCUT2D eigenvalue weighted by molar-refractivity contribution is 5.96. The van der Waals surface area contributed by atoms with Gasteiger partial charge < -0.3 is 9.47 Å².